The fourth-order valence-corrected chi connectivity index (χ4v) is 2.69. The molecule has 1 aromatic heterocycles. The zero-order valence-electron chi connectivity index (χ0n) is 10.7. The Morgan fingerprint density at radius 1 is 1.56 bits per heavy atom. The third-order valence-corrected chi connectivity index (χ3v) is 4.45. The van der Waals surface area contributed by atoms with Crippen molar-refractivity contribution < 1.29 is 4.79 Å². The normalized spacial score (nSPS) is 17.3. The average Bonchev–Trinajstić information content (AvgIpc) is 2.27. The van der Waals surface area contributed by atoms with Crippen LogP contribution in [0.5, 0.6) is 0 Å². The molecule has 1 amide bonds. The minimum Gasteiger partial charge on any atom is -0.350 e. The summed E-state index contributed by atoms with van der Waals surface area (Å²) in [6, 6.07) is 3.54. The topological polar surface area (TPSA) is 45.2 Å². The van der Waals surface area contributed by atoms with E-state index in [1.165, 1.54) is 6.42 Å². The van der Waals surface area contributed by atoms with Crippen LogP contribution in [0.25, 0.3) is 0 Å². The van der Waals surface area contributed by atoms with Crippen molar-refractivity contribution in [1.82, 2.24) is 15.2 Å². The minimum absolute atomic E-state index is 0.0666. The maximum absolute atomic E-state index is 12.1. The monoisotopic (exact) mass is 311 g/mol. The molecule has 0 aliphatic heterocycles. The Hall–Kier alpha value is -0.940. The molecule has 1 saturated carbocycles. The Kier molecular flexibility index (Phi) is 4.02. The van der Waals surface area contributed by atoms with Crippen LogP contribution in [0.15, 0.2) is 22.9 Å². The predicted molar refractivity (Wildman–Crippen MR) is 74.5 cm³/mol. The molecule has 0 saturated heterocycles. The van der Waals surface area contributed by atoms with Crippen molar-refractivity contribution in [3.63, 3.8) is 0 Å². The molecule has 98 valence electrons. The van der Waals surface area contributed by atoms with E-state index in [4.69, 9.17) is 0 Å². The van der Waals surface area contributed by atoms with E-state index in [-0.39, 0.29) is 11.4 Å². The van der Waals surface area contributed by atoms with E-state index < -0.39 is 0 Å². The summed E-state index contributed by atoms with van der Waals surface area (Å²) in [5, 5.41) is 3.01. The van der Waals surface area contributed by atoms with Crippen molar-refractivity contribution in [3.8, 4) is 0 Å². The second-order valence-corrected chi connectivity index (χ2v) is 5.75. The van der Waals surface area contributed by atoms with Crippen molar-refractivity contribution in [3.05, 3.63) is 28.5 Å². The molecule has 0 spiro atoms. The zero-order chi connectivity index (χ0) is 13.2. The van der Waals surface area contributed by atoms with Gasteiger partial charge in [-0.3, -0.25) is 4.79 Å². The van der Waals surface area contributed by atoms with Gasteiger partial charge in [-0.1, -0.05) is 0 Å². The number of likely N-dealkylation sites (N-methyl/N-ethyl adjacent to an activating group) is 1. The molecule has 5 heteroatoms. The summed E-state index contributed by atoms with van der Waals surface area (Å²) in [5.74, 6) is -0.0666. The van der Waals surface area contributed by atoms with Gasteiger partial charge in [-0.2, -0.15) is 0 Å². The van der Waals surface area contributed by atoms with E-state index in [0.29, 0.717) is 16.7 Å². The molecule has 4 nitrogen and oxygen atoms in total. The lowest BCUT2D eigenvalue weighted by molar-refractivity contribution is 0.0557. The number of aromatic nitrogens is 1. The summed E-state index contributed by atoms with van der Waals surface area (Å²) in [5.41, 5.74) is 0.732. The summed E-state index contributed by atoms with van der Waals surface area (Å²) in [6.07, 6.45) is 5.20. The molecule has 0 bridgehead atoms. The second-order valence-electron chi connectivity index (χ2n) is 5.00. The first-order valence-electron chi connectivity index (χ1n) is 6.11. The van der Waals surface area contributed by atoms with Crippen molar-refractivity contribution >= 4 is 21.8 Å². The van der Waals surface area contributed by atoms with Gasteiger partial charge in [-0.05, 0) is 61.4 Å². The molecule has 18 heavy (non-hydrogen) atoms. The molecular formula is C13H18BrN3O. The number of amides is 1. The molecular weight excluding hydrogens is 294 g/mol. The summed E-state index contributed by atoms with van der Waals surface area (Å²) in [4.78, 5) is 18.4. The number of hydrogen-bond donors (Lipinski definition) is 1. The van der Waals surface area contributed by atoms with Crippen molar-refractivity contribution in [2.75, 3.05) is 20.6 Å². The van der Waals surface area contributed by atoms with Gasteiger partial charge in [-0.15, -0.1) is 0 Å². The molecule has 1 fully saturated rings. The molecule has 0 atom stereocenters. The van der Waals surface area contributed by atoms with E-state index in [1.54, 1.807) is 18.3 Å². The summed E-state index contributed by atoms with van der Waals surface area (Å²) in [6.45, 7) is 0.695. The number of carbonyl (C=O) groups is 1. The van der Waals surface area contributed by atoms with Crippen molar-refractivity contribution in [1.29, 1.82) is 0 Å². The largest absolute Gasteiger partial charge is 0.350 e. The Balaban J connectivity index is 1.99. The molecule has 1 N–H and O–H groups in total. The third kappa shape index (κ3) is 2.57. The van der Waals surface area contributed by atoms with Gasteiger partial charge in [0, 0.05) is 18.3 Å². The lowest BCUT2D eigenvalue weighted by Gasteiger charge is -2.47. The van der Waals surface area contributed by atoms with Crippen LogP contribution in [0.3, 0.4) is 0 Å². The lowest BCUT2D eigenvalue weighted by atomic mass is 9.75. The van der Waals surface area contributed by atoms with Gasteiger partial charge in [0.05, 0.1) is 5.56 Å². The highest BCUT2D eigenvalue weighted by Gasteiger charge is 2.39. The van der Waals surface area contributed by atoms with Crippen molar-refractivity contribution in [2.45, 2.75) is 24.8 Å². The van der Waals surface area contributed by atoms with Gasteiger partial charge in [0.25, 0.3) is 5.91 Å². The Labute approximate surface area is 116 Å². The number of pyridine rings is 1. The maximum atomic E-state index is 12.1. The number of rotatable bonds is 4. The molecule has 2 rings (SSSR count). The molecule has 0 unspecified atom stereocenters. The number of carbonyl (C=O) groups excluding carboxylic acids is 1. The highest BCUT2D eigenvalue weighted by atomic mass is 79.9. The summed E-state index contributed by atoms with van der Waals surface area (Å²) < 4.78 is 0.593. The number of nitrogens with one attached hydrogen (secondary N) is 1. The van der Waals surface area contributed by atoms with Gasteiger partial charge in [0.1, 0.15) is 4.60 Å². The summed E-state index contributed by atoms with van der Waals surface area (Å²) in [7, 11) is 4.15. The Morgan fingerprint density at radius 3 is 2.78 bits per heavy atom. The van der Waals surface area contributed by atoms with E-state index in [9.17, 15) is 4.79 Å². The van der Waals surface area contributed by atoms with Crippen LogP contribution in [0.1, 0.15) is 29.6 Å². The highest BCUT2D eigenvalue weighted by molar-refractivity contribution is 9.10. The SMILES string of the molecule is CN(C)C1(CNC(=O)c2cccnc2Br)CCC1. The van der Waals surface area contributed by atoms with E-state index in [0.717, 1.165) is 12.8 Å². The van der Waals surface area contributed by atoms with Gasteiger partial charge in [-0.25, -0.2) is 4.98 Å². The van der Waals surface area contributed by atoms with E-state index in [2.05, 4.69) is 45.2 Å². The van der Waals surface area contributed by atoms with Crippen LogP contribution in [0.4, 0.5) is 0 Å². The smallest absolute Gasteiger partial charge is 0.254 e. The first kappa shape index (κ1) is 13.5. The first-order valence-corrected chi connectivity index (χ1v) is 6.91. The maximum Gasteiger partial charge on any atom is 0.254 e. The van der Waals surface area contributed by atoms with Crippen LogP contribution >= 0.6 is 15.9 Å². The molecule has 1 heterocycles. The number of halogens is 1. The van der Waals surface area contributed by atoms with E-state index in [1.807, 2.05) is 0 Å². The average molecular weight is 312 g/mol. The summed E-state index contributed by atoms with van der Waals surface area (Å²) >= 11 is 3.29. The van der Waals surface area contributed by atoms with Gasteiger partial charge >= 0.3 is 0 Å². The third-order valence-electron chi connectivity index (χ3n) is 3.81. The number of hydrogen-bond acceptors (Lipinski definition) is 3. The van der Waals surface area contributed by atoms with Gasteiger partial charge < -0.3 is 10.2 Å². The molecule has 0 aromatic carbocycles. The lowest BCUT2D eigenvalue weighted by Crippen LogP contribution is -2.57. The van der Waals surface area contributed by atoms with Crippen LogP contribution < -0.4 is 5.32 Å². The Morgan fingerprint density at radius 2 is 2.28 bits per heavy atom. The van der Waals surface area contributed by atoms with Crippen LogP contribution in [0, 0.1) is 0 Å². The van der Waals surface area contributed by atoms with E-state index >= 15 is 0 Å². The van der Waals surface area contributed by atoms with Gasteiger partial charge in [0.15, 0.2) is 0 Å². The fourth-order valence-electron chi connectivity index (χ4n) is 2.26. The van der Waals surface area contributed by atoms with Crippen LogP contribution in [-0.4, -0.2) is 42.0 Å². The van der Waals surface area contributed by atoms with Crippen LogP contribution in [0.2, 0.25) is 0 Å². The quantitative estimate of drug-likeness (QED) is 0.866. The minimum atomic E-state index is -0.0666. The fraction of sp³-hybridized carbons (Fsp3) is 0.538. The predicted octanol–water partition coefficient (Wildman–Crippen LogP) is 2.06. The second kappa shape index (κ2) is 5.36. The molecule has 0 radical (unpaired) electrons. The molecule has 1 aliphatic rings. The standard InChI is InChI=1S/C13H18BrN3O/c1-17(2)13(6-4-7-13)9-16-12(18)10-5-3-8-15-11(10)14/h3,5,8H,4,6-7,9H2,1-2H3,(H,16,18). The van der Waals surface area contributed by atoms with Crippen LogP contribution in [-0.2, 0) is 0 Å². The highest BCUT2D eigenvalue weighted by Crippen LogP contribution is 2.35. The van der Waals surface area contributed by atoms with Gasteiger partial charge in [0.2, 0.25) is 0 Å². The van der Waals surface area contributed by atoms with Crippen molar-refractivity contribution in [2.24, 2.45) is 0 Å². The zero-order valence-corrected chi connectivity index (χ0v) is 12.3. The Bertz CT molecular complexity index is 444. The molecule has 1 aromatic rings. The molecule has 1 aliphatic carbocycles. The number of nitrogens with zero attached hydrogens (tertiary/aromatic N) is 2. The first-order chi connectivity index (χ1) is 8.55.